The van der Waals surface area contributed by atoms with Gasteiger partial charge in [-0.05, 0) is 27.7 Å². The predicted molar refractivity (Wildman–Crippen MR) is 121 cm³/mol. The first kappa shape index (κ1) is 24.1. The molecule has 2 heterocycles. The van der Waals surface area contributed by atoms with Crippen LogP contribution in [0.25, 0.3) is 0 Å². The minimum Gasteiger partial charge on any atom is -0.490 e. The van der Waals surface area contributed by atoms with Crippen molar-refractivity contribution in [1.82, 2.24) is 9.97 Å². The van der Waals surface area contributed by atoms with Crippen molar-refractivity contribution in [3.8, 4) is 5.75 Å². The molecule has 1 amide bonds. The number of fused-ring (bicyclic) bond motifs is 1. The van der Waals surface area contributed by atoms with Crippen LogP contribution in [0.3, 0.4) is 0 Å². The number of nitrogens with one attached hydrogen (secondary N) is 2. The number of rotatable bonds is 6. The fourth-order valence-corrected chi connectivity index (χ4v) is 3.83. The number of likely N-dealkylation sites (N-methyl/N-ethyl adjacent to an activating group) is 1. The Morgan fingerprint density at radius 3 is 2.44 bits per heavy atom. The van der Waals surface area contributed by atoms with Crippen LogP contribution in [-0.2, 0) is 9.53 Å². The summed E-state index contributed by atoms with van der Waals surface area (Å²) in [5, 5.41) is 6.12. The molecule has 4 rings (SSSR count). The molecule has 1 aromatic carbocycles. The topological polar surface area (TPSA) is 88.6 Å². The highest BCUT2D eigenvalue weighted by Gasteiger charge is 2.36. The Hall–Kier alpha value is -3.08. The number of anilines is 3. The molecule has 184 valence electrons. The molecular formula is C23H28F3N5O3. The van der Waals surface area contributed by atoms with E-state index in [1.165, 1.54) is 0 Å². The van der Waals surface area contributed by atoms with E-state index in [1.54, 1.807) is 18.9 Å². The lowest BCUT2D eigenvalue weighted by molar-refractivity contribution is -0.120. The lowest BCUT2D eigenvalue weighted by Crippen LogP contribution is -2.50. The number of nitrogens with zero attached hydrogens (tertiary/aromatic N) is 3. The molecule has 1 fully saturated rings. The van der Waals surface area contributed by atoms with Gasteiger partial charge in [-0.1, -0.05) is 0 Å². The quantitative estimate of drug-likeness (QED) is 0.610. The van der Waals surface area contributed by atoms with Gasteiger partial charge in [-0.3, -0.25) is 4.79 Å². The summed E-state index contributed by atoms with van der Waals surface area (Å²) in [6, 6.07) is 1.12. The summed E-state index contributed by atoms with van der Waals surface area (Å²) in [6.07, 6.45) is 0.824. The number of carbonyl (C=O) groups excluding carboxylic acids is 1. The van der Waals surface area contributed by atoms with E-state index >= 15 is 0 Å². The molecule has 2 aliphatic rings. The molecule has 34 heavy (non-hydrogen) atoms. The number of amides is 1. The molecular weight excluding hydrogens is 451 g/mol. The van der Waals surface area contributed by atoms with Crippen molar-refractivity contribution in [2.75, 3.05) is 29.2 Å². The molecule has 1 atom stereocenters. The Kier molecular flexibility index (Phi) is 6.32. The predicted octanol–water partition coefficient (Wildman–Crippen LogP) is 3.80. The highest BCUT2D eigenvalue weighted by Crippen LogP contribution is 2.34. The zero-order chi connectivity index (χ0) is 24.8. The number of ether oxygens (including phenoxy) is 2. The molecule has 2 aromatic rings. The third-order valence-corrected chi connectivity index (χ3v) is 5.79. The summed E-state index contributed by atoms with van der Waals surface area (Å²) in [4.78, 5) is 23.5. The van der Waals surface area contributed by atoms with E-state index < -0.39 is 23.5 Å². The summed E-state index contributed by atoms with van der Waals surface area (Å²) >= 11 is 0. The molecule has 0 unspecified atom stereocenters. The summed E-state index contributed by atoms with van der Waals surface area (Å²) in [5.74, 6) is -3.35. The fraction of sp³-hybridized carbons (Fsp3) is 0.522. The van der Waals surface area contributed by atoms with Crippen LogP contribution < -0.4 is 20.3 Å². The van der Waals surface area contributed by atoms with Gasteiger partial charge in [0.1, 0.15) is 23.6 Å². The van der Waals surface area contributed by atoms with Crippen LogP contribution in [-0.4, -0.2) is 53.3 Å². The SMILES string of the molecule is Cc1nc(NC2CC(Oc3cc(F)c(F)c(F)c3)C2)nc2c1NC(=O)[C@H](COC(C)(C)C)N2C. The van der Waals surface area contributed by atoms with Gasteiger partial charge in [-0.15, -0.1) is 0 Å². The normalized spacial score (nSPS) is 22.1. The Morgan fingerprint density at radius 2 is 1.82 bits per heavy atom. The van der Waals surface area contributed by atoms with Gasteiger partial charge in [-0.2, -0.15) is 4.98 Å². The van der Waals surface area contributed by atoms with Crippen molar-refractivity contribution in [3.63, 3.8) is 0 Å². The molecule has 1 aliphatic heterocycles. The van der Waals surface area contributed by atoms with E-state index in [2.05, 4.69) is 20.6 Å². The smallest absolute Gasteiger partial charge is 0.249 e. The largest absolute Gasteiger partial charge is 0.490 e. The molecule has 0 saturated heterocycles. The van der Waals surface area contributed by atoms with Crippen molar-refractivity contribution < 1.29 is 27.4 Å². The third kappa shape index (κ3) is 5.03. The van der Waals surface area contributed by atoms with Crippen LogP contribution in [0.4, 0.5) is 30.6 Å². The lowest BCUT2D eigenvalue weighted by Gasteiger charge is -2.37. The molecule has 0 radical (unpaired) electrons. The highest BCUT2D eigenvalue weighted by molar-refractivity contribution is 6.03. The summed E-state index contributed by atoms with van der Waals surface area (Å²) in [6.45, 7) is 7.78. The van der Waals surface area contributed by atoms with Gasteiger partial charge < -0.3 is 25.0 Å². The Bertz CT molecular complexity index is 1080. The molecule has 1 aliphatic carbocycles. The first-order valence-corrected chi connectivity index (χ1v) is 11.1. The van der Waals surface area contributed by atoms with Crippen LogP contribution >= 0.6 is 0 Å². The van der Waals surface area contributed by atoms with Gasteiger partial charge in [-0.25, -0.2) is 18.2 Å². The zero-order valence-electron chi connectivity index (χ0n) is 19.7. The first-order valence-electron chi connectivity index (χ1n) is 11.1. The molecule has 0 bridgehead atoms. The molecule has 8 nitrogen and oxygen atoms in total. The number of hydrogen-bond acceptors (Lipinski definition) is 7. The van der Waals surface area contributed by atoms with Gasteiger partial charge in [0.05, 0.1) is 17.9 Å². The summed E-state index contributed by atoms with van der Waals surface area (Å²) < 4.78 is 51.2. The summed E-state index contributed by atoms with van der Waals surface area (Å²) in [5.41, 5.74) is 0.789. The van der Waals surface area contributed by atoms with Gasteiger partial charge in [0.15, 0.2) is 23.3 Å². The van der Waals surface area contributed by atoms with Crippen LogP contribution in [0.15, 0.2) is 12.1 Å². The standard InChI is InChI=1S/C23H28F3N5O3/c1-11-19-20(31(5)17(21(32)29-19)10-33-23(2,3)4)30-22(27-11)28-12-6-13(7-12)34-14-8-15(24)18(26)16(25)9-14/h8-9,12-13,17H,6-7,10H2,1-5H3,(H,29,32)(H,27,28,30)/t12?,13?,17-/m0/s1. The second kappa shape index (κ2) is 8.94. The van der Waals surface area contributed by atoms with Crippen molar-refractivity contribution in [2.24, 2.45) is 0 Å². The van der Waals surface area contributed by atoms with E-state index in [0.29, 0.717) is 36.0 Å². The third-order valence-electron chi connectivity index (χ3n) is 5.79. The van der Waals surface area contributed by atoms with E-state index in [4.69, 9.17) is 9.47 Å². The summed E-state index contributed by atoms with van der Waals surface area (Å²) in [7, 11) is 1.79. The van der Waals surface area contributed by atoms with E-state index in [-0.39, 0.29) is 36.0 Å². The van der Waals surface area contributed by atoms with Crippen LogP contribution in [0.5, 0.6) is 5.75 Å². The zero-order valence-corrected chi connectivity index (χ0v) is 19.7. The van der Waals surface area contributed by atoms with Crippen molar-refractivity contribution in [2.45, 2.75) is 64.3 Å². The second-order valence-corrected chi connectivity index (χ2v) is 9.62. The molecule has 2 N–H and O–H groups in total. The van der Waals surface area contributed by atoms with Crippen molar-refractivity contribution in [1.29, 1.82) is 0 Å². The maximum absolute atomic E-state index is 13.4. The Labute approximate surface area is 195 Å². The maximum Gasteiger partial charge on any atom is 0.249 e. The van der Waals surface area contributed by atoms with Crippen molar-refractivity contribution >= 4 is 23.4 Å². The number of halogens is 3. The highest BCUT2D eigenvalue weighted by atomic mass is 19.2. The number of benzene rings is 1. The van der Waals surface area contributed by atoms with Gasteiger partial charge in [0, 0.05) is 38.1 Å². The number of aryl methyl sites for hydroxylation is 1. The first-order chi connectivity index (χ1) is 15.9. The van der Waals surface area contributed by atoms with Gasteiger partial charge >= 0.3 is 0 Å². The van der Waals surface area contributed by atoms with Crippen LogP contribution in [0, 0.1) is 24.4 Å². The second-order valence-electron chi connectivity index (χ2n) is 9.62. The van der Waals surface area contributed by atoms with Gasteiger partial charge in [0.25, 0.3) is 0 Å². The molecule has 1 aromatic heterocycles. The van der Waals surface area contributed by atoms with Crippen LogP contribution in [0.2, 0.25) is 0 Å². The van der Waals surface area contributed by atoms with E-state index in [9.17, 15) is 18.0 Å². The average molecular weight is 480 g/mol. The number of hydrogen-bond donors (Lipinski definition) is 2. The monoisotopic (exact) mass is 479 g/mol. The van der Waals surface area contributed by atoms with E-state index in [1.807, 2.05) is 20.8 Å². The molecule has 1 saturated carbocycles. The van der Waals surface area contributed by atoms with Crippen LogP contribution in [0.1, 0.15) is 39.3 Å². The molecule has 11 heteroatoms. The van der Waals surface area contributed by atoms with Crippen molar-refractivity contribution in [3.05, 3.63) is 35.3 Å². The van der Waals surface area contributed by atoms with Gasteiger partial charge in [0.2, 0.25) is 11.9 Å². The molecule has 0 spiro atoms. The number of aromatic nitrogens is 2. The maximum atomic E-state index is 13.4. The average Bonchev–Trinajstić information content (AvgIpc) is 2.70. The van der Waals surface area contributed by atoms with E-state index in [0.717, 1.165) is 12.1 Å². The Morgan fingerprint density at radius 1 is 1.18 bits per heavy atom. The lowest BCUT2D eigenvalue weighted by atomic mass is 9.89. The minimum absolute atomic E-state index is 0.0129. The Balaban J connectivity index is 1.40. The number of carbonyl (C=O) groups is 1. The fourth-order valence-electron chi connectivity index (χ4n) is 3.83. The minimum atomic E-state index is -1.52.